The molecule has 0 amide bonds. The zero-order valence-corrected chi connectivity index (χ0v) is 6.80. The second-order valence-corrected chi connectivity index (χ2v) is 3.63. The highest BCUT2D eigenvalue weighted by molar-refractivity contribution is 5.04. The number of hydrogen-bond acceptors (Lipinski definition) is 1. The van der Waals surface area contributed by atoms with E-state index in [0.29, 0.717) is 0 Å². The summed E-state index contributed by atoms with van der Waals surface area (Å²) in [5.41, 5.74) is 1.19. The van der Waals surface area contributed by atoms with Crippen LogP contribution < -0.4 is 0 Å². The van der Waals surface area contributed by atoms with E-state index in [0.717, 1.165) is 17.4 Å². The van der Waals surface area contributed by atoms with Crippen molar-refractivity contribution < 1.29 is 9.59 Å². The van der Waals surface area contributed by atoms with Gasteiger partial charge < -0.3 is 9.59 Å². The SMILES string of the molecule is C[N+]1(C)CCC=C(CO)C1. The minimum absolute atomic E-state index is 0.238. The summed E-state index contributed by atoms with van der Waals surface area (Å²) < 4.78 is 1.02. The molecule has 0 saturated carbocycles. The number of hydrogen-bond donors (Lipinski definition) is 1. The van der Waals surface area contributed by atoms with E-state index in [9.17, 15) is 0 Å². The molecule has 58 valence electrons. The second-order valence-electron chi connectivity index (χ2n) is 3.63. The Labute approximate surface area is 62.4 Å². The molecular formula is C8H16NO+. The highest BCUT2D eigenvalue weighted by Crippen LogP contribution is 2.12. The summed E-state index contributed by atoms with van der Waals surface area (Å²) in [4.78, 5) is 0. The molecule has 0 radical (unpaired) electrons. The fourth-order valence-corrected chi connectivity index (χ4v) is 1.43. The summed E-state index contributed by atoms with van der Waals surface area (Å²) in [5, 5.41) is 8.84. The van der Waals surface area contributed by atoms with Crippen molar-refractivity contribution in [3.63, 3.8) is 0 Å². The fourth-order valence-electron chi connectivity index (χ4n) is 1.43. The molecule has 1 aliphatic rings. The van der Waals surface area contributed by atoms with E-state index in [-0.39, 0.29) is 6.61 Å². The van der Waals surface area contributed by atoms with Crippen LogP contribution in [-0.2, 0) is 0 Å². The van der Waals surface area contributed by atoms with Gasteiger partial charge in [0.1, 0.15) is 6.54 Å². The lowest BCUT2D eigenvalue weighted by Crippen LogP contribution is -2.44. The minimum atomic E-state index is 0.238. The molecular weight excluding hydrogens is 126 g/mol. The van der Waals surface area contributed by atoms with Gasteiger partial charge in [0, 0.05) is 12.0 Å². The summed E-state index contributed by atoms with van der Waals surface area (Å²) in [6.45, 7) is 2.45. The number of aliphatic hydroxyl groups excluding tert-OH is 1. The van der Waals surface area contributed by atoms with Crippen LogP contribution >= 0.6 is 0 Å². The monoisotopic (exact) mass is 142 g/mol. The van der Waals surface area contributed by atoms with Gasteiger partial charge in [-0.3, -0.25) is 0 Å². The molecule has 0 aromatic heterocycles. The number of likely N-dealkylation sites (N-methyl/N-ethyl adjacent to an activating group) is 1. The Kier molecular flexibility index (Phi) is 2.11. The maximum Gasteiger partial charge on any atom is 0.102 e. The standard InChI is InChI=1S/C8H16NO/c1-9(2)5-3-4-8(6-9)7-10/h4,10H,3,5-7H2,1-2H3/q+1. The Hall–Kier alpha value is -0.340. The fraction of sp³-hybridized carbons (Fsp3) is 0.750. The molecule has 0 bridgehead atoms. The summed E-state index contributed by atoms with van der Waals surface area (Å²) >= 11 is 0. The van der Waals surface area contributed by atoms with Crippen molar-refractivity contribution in [1.82, 2.24) is 0 Å². The third kappa shape index (κ3) is 1.82. The lowest BCUT2D eigenvalue weighted by atomic mass is 10.1. The number of rotatable bonds is 1. The van der Waals surface area contributed by atoms with Crippen LogP contribution in [0.5, 0.6) is 0 Å². The van der Waals surface area contributed by atoms with E-state index in [4.69, 9.17) is 5.11 Å². The van der Waals surface area contributed by atoms with Crippen LogP contribution in [0.2, 0.25) is 0 Å². The zero-order valence-electron chi connectivity index (χ0n) is 6.80. The smallest absolute Gasteiger partial charge is 0.102 e. The van der Waals surface area contributed by atoms with Crippen molar-refractivity contribution in [1.29, 1.82) is 0 Å². The first-order valence-electron chi connectivity index (χ1n) is 3.75. The summed E-state index contributed by atoms with van der Waals surface area (Å²) in [6, 6.07) is 0. The average Bonchev–Trinajstić information content (AvgIpc) is 1.86. The Morgan fingerprint density at radius 3 is 2.70 bits per heavy atom. The van der Waals surface area contributed by atoms with Crippen molar-refractivity contribution in [2.24, 2.45) is 0 Å². The summed E-state index contributed by atoms with van der Waals surface area (Å²) in [7, 11) is 4.39. The van der Waals surface area contributed by atoms with Crippen molar-refractivity contribution in [2.75, 3.05) is 33.8 Å². The van der Waals surface area contributed by atoms with E-state index in [1.807, 2.05) is 0 Å². The van der Waals surface area contributed by atoms with Gasteiger partial charge in [-0.25, -0.2) is 0 Å². The number of aliphatic hydroxyl groups is 1. The maximum atomic E-state index is 8.84. The summed E-state index contributed by atoms with van der Waals surface area (Å²) in [6.07, 6.45) is 3.27. The van der Waals surface area contributed by atoms with Crippen LogP contribution in [-0.4, -0.2) is 43.4 Å². The predicted octanol–water partition coefficient (Wildman–Crippen LogP) is 0.385. The molecule has 0 saturated heterocycles. The lowest BCUT2D eigenvalue weighted by molar-refractivity contribution is -0.887. The Morgan fingerprint density at radius 2 is 2.30 bits per heavy atom. The van der Waals surface area contributed by atoms with Gasteiger partial charge in [-0.1, -0.05) is 6.08 Å². The number of nitrogens with zero attached hydrogens (tertiary/aromatic N) is 1. The summed E-state index contributed by atoms with van der Waals surface area (Å²) in [5.74, 6) is 0. The largest absolute Gasteiger partial charge is 0.392 e. The van der Waals surface area contributed by atoms with E-state index < -0.39 is 0 Å². The van der Waals surface area contributed by atoms with Gasteiger partial charge in [0.25, 0.3) is 0 Å². The third-order valence-corrected chi connectivity index (χ3v) is 2.00. The van der Waals surface area contributed by atoms with E-state index in [1.54, 1.807) is 0 Å². The highest BCUT2D eigenvalue weighted by atomic mass is 16.3. The van der Waals surface area contributed by atoms with Crippen LogP contribution in [0.3, 0.4) is 0 Å². The normalized spacial score (nSPS) is 24.1. The molecule has 0 atom stereocenters. The van der Waals surface area contributed by atoms with Crippen molar-refractivity contribution >= 4 is 0 Å². The predicted molar refractivity (Wildman–Crippen MR) is 41.6 cm³/mol. The molecule has 0 aromatic rings. The van der Waals surface area contributed by atoms with Gasteiger partial charge >= 0.3 is 0 Å². The van der Waals surface area contributed by atoms with Gasteiger partial charge in [0.05, 0.1) is 27.2 Å². The van der Waals surface area contributed by atoms with E-state index in [2.05, 4.69) is 20.2 Å². The van der Waals surface area contributed by atoms with Gasteiger partial charge in [0.15, 0.2) is 0 Å². The molecule has 1 aliphatic heterocycles. The zero-order chi connectivity index (χ0) is 7.61. The van der Waals surface area contributed by atoms with Crippen LogP contribution in [0.25, 0.3) is 0 Å². The van der Waals surface area contributed by atoms with Crippen LogP contribution in [0, 0.1) is 0 Å². The molecule has 10 heavy (non-hydrogen) atoms. The first-order chi connectivity index (χ1) is 4.64. The molecule has 0 aliphatic carbocycles. The van der Waals surface area contributed by atoms with Crippen LogP contribution in [0.4, 0.5) is 0 Å². The number of quaternary nitrogens is 1. The third-order valence-electron chi connectivity index (χ3n) is 2.00. The van der Waals surface area contributed by atoms with Crippen LogP contribution in [0.1, 0.15) is 6.42 Å². The van der Waals surface area contributed by atoms with E-state index in [1.165, 1.54) is 12.1 Å². The topological polar surface area (TPSA) is 20.2 Å². The minimum Gasteiger partial charge on any atom is -0.392 e. The molecule has 0 fully saturated rings. The van der Waals surface area contributed by atoms with Crippen molar-refractivity contribution in [3.8, 4) is 0 Å². The lowest BCUT2D eigenvalue weighted by Gasteiger charge is -2.33. The van der Waals surface area contributed by atoms with Gasteiger partial charge in [-0.05, 0) is 0 Å². The van der Waals surface area contributed by atoms with Crippen molar-refractivity contribution in [3.05, 3.63) is 11.6 Å². The van der Waals surface area contributed by atoms with Crippen molar-refractivity contribution in [2.45, 2.75) is 6.42 Å². The Bertz CT molecular complexity index is 149. The van der Waals surface area contributed by atoms with E-state index >= 15 is 0 Å². The molecule has 0 unspecified atom stereocenters. The quantitative estimate of drug-likeness (QED) is 0.414. The average molecular weight is 142 g/mol. The molecule has 0 spiro atoms. The molecule has 2 heteroatoms. The second kappa shape index (κ2) is 2.72. The first kappa shape index (κ1) is 7.76. The molecule has 1 heterocycles. The van der Waals surface area contributed by atoms with Gasteiger partial charge in [-0.2, -0.15) is 0 Å². The molecule has 0 aromatic carbocycles. The highest BCUT2D eigenvalue weighted by Gasteiger charge is 2.19. The first-order valence-corrected chi connectivity index (χ1v) is 3.75. The van der Waals surface area contributed by atoms with Gasteiger partial charge in [-0.15, -0.1) is 0 Å². The van der Waals surface area contributed by atoms with Gasteiger partial charge in [0.2, 0.25) is 0 Å². The van der Waals surface area contributed by atoms with Crippen LogP contribution in [0.15, 0.2) is 11.6 Å². The molecule has 2 nitrogen and oxygen atoms in total. The molecule has 1 rings (SSSR count). The Morgan fingerprint density at radius 1 is 1.60 bits per heavy atom. The maximum absolute atomic E-state index is 8.84. The Balaban J connectivity index is 2.57. The molecule has 1 N–H and O–H groups in total.